The maximum absolute atomic E-state index is 5.15. The second kappa shape index (κ2) is 2.58. The van der Waals surface area contributed by atoms with Crippen LogP contribution in [0, 0.1) is 0 Å². The molecular weight excluding hydrogens is 108 g/mol. The molecule has 0 aromatic heterocycles. The van der Waals surface area contributed by atoms with Crippen LogP contribution in [0.4, 0.5) is 0 Å². The van der Waals surface area contributed by atoms with Crippen LogP contribution in [-0.2, 0) is 4.74 Å². The fourth-order valence-electron chi connectivity index (χ4n) is 0.602. The molecule has 1 aliphatic rings. The van der Waals surface area contributed by atoms with Crippen molar-refractivity contribution in [3.05, 3.63) is 0 Å². The highest BCUT2D eigenvalue weighted by atomic mass is 32.2. The summed E-state index contributed by atoms with van der Waals surface area (Å²) in [5.41, 5.74) is 0. The van der Waals surface area contributed by atoms with Crippen LogP contribution in [0.2, 0.25) is 0 Å². The highest BCUT2D eigenvalue weighted by Gasteiger charge is 2.15. The molecule has 1 heterocycles. The maximum Gasteiger partial charge on any atom is 0.0687 e. The minimum atomic E-state index is 0.593. The van der Waals surface area contributed by atoms with Gasteiger partial charge < -0.3 is 4.74 Å². The lowest BCUT2D eigenvalue weighted by Gasteiger charge is -2.25. The van der Waals surface area contributed by atoms with Gasteiger partial charge >= 0.3 is 0 Å². The molecule has 0 radical (unpaired) electrons. The zero-order valence-electron chi connectivity index (χ0n) is 4.52. The Bertz CT molecular complexity index is 52.0. The molecular formula is C5H10OS. The minimum absolute atomic E-state index is 0.593. The number of thioether (sulfide) groups is 1. The molecule has 1 aliphatic heterocycles. The molecule has 0 bridgehead atoms. The Hall–Kier alpha value is 0.310. The monoisotopic (exact) mass is 118 g/mol. The Morgan fingerprint density at radius 1 is 1.86 bits per heavy atom. The number of rotatable bonds is 2. The SMILES string of the molecule is CSCC1CCO1. The van der Waals surface area contributed by atoms with Gasteiger partial charge in [0, 0.05) is 12.4 Å². The Balaban J connectivity index is 1.93. The van der Waals surface area contributed by atoms with Crippen molar-refractivity contribution < 1.29 is 4.74 Å². The highest BCUT2D eigenvalue weighted by Crippen LogP contribution is 2.14. The molecule has 0 N–H and O–H groups in total. The van der Waals surface area contributed by atoms with E-state index in [0.717, 1.165) is 6.61 Å². The molecule has 7 heavy (non-hydrogen) atoms. The fourth-order valence-corrected chi connectivity index (χ4v) is 1.24. The van der Waals surface area contributed by atoms with E-state index in [1.807, 2.05) is 11.8 Å². The smallest absolute Gasteiger partial charge is 0.0687 e. The predicted molar refractivity (Wildman–Crippen MR) is 32.7 cm³/mol. The lowest BCUT2D eigenvalue weighted by Crippen LogP contribution is -2.28. The zero-order valence-corrected chi connectivity index (χ0v) is 5.33. The second-order valence-electron chi connectivity index (χ2n) is 1.74. The van der Waals surface area contributed by atoms with Crippen molar-refractivity contribution in [3.8, 4) is 0 Å². The summed E-state index contributed by atoms with van der Waals surface area (Å²) in [6, 6.07) is 0. The van der Waals surface area contributed by atoms with Crippen molar-refractivity contribution in [1.82, 2.24) is 0 Å². The number of hydrogen-bond acceptors (Lipinski definition) is 2. The van der Waals surface area contributed by atoms with Gasteiger partial charge in [-0.3, -0.25) is 0 Å². The first-order valence-electron chi connectivity index (χ1n) is 2.54. The van der Waals surface area contributed by atoms with Crippen LogP contribution in [-0.4, -0.2) is 24.7 Å². The Morgan fingerprint density at radius 2 is 2.57 bits per heavy atom. The van der Waals surface area contributed by atoms with Crippen LogP contribution in [0.1, 0.15) is 6.42 Å². The highest BCUT2D eigenvalue weighted by molar-refractivity contribution is 7.98. The lowest BCUT2D eigenvalue weighted by atomic mass is 10.2. The van der Waals surface area contributed by atoms with E-state index in [4.69, 9.17) is 4.74 Å². The van der Waals surface area contributed by atoms with Gasteiger partial charge in [-0.1, -0.05) is 0 Å². The van der Waals surface area contributed by atoms with Crippen molar-refractivity contribution >= 4 is 11.8 Å². The maximum atomic E-state index is 5.15. The van der Waals surface area contributed by atoms with Crippen LogP contribution in [0.3, 0.4) is 0 Å². The topological polar surface area (TPSA) is 9.23 Å². The largest absolute Gasteiger partial charge is 0.377 e. The van der Waals surface area contributed by atoms with Crippen molar-refractivity contribution in [1.29, 1.82) is 0 Å². The standard InChI is InChI=1S/C5H10OS/c1-7-4-5-2-3-6-5/h5H,2-4H2,1H3. The van der Waals surface area contributed by atoms with Gasteiger partial charge in [-0.2, -0.15) is 11.8 Å². The Kier molecular flexibility index (Phi) is 2.00. The molecule has 1 rings (SSSR count). The van der Waals surface area contributed by atoms with Gasteiger partial charge in [0.1, 0.15) is 0 Å². The van der Waals surface area contributed by atoms with Crippen LogP contribution in [0.15, 0.2) is 0 Å². The molecule has 0 aromatic rings. The van der Waals surface area contributed by atoms with E-state index >= 15 is 0 Å². The van der Waals surface area contributed by atoms with E-state index < -0.39 is 0 Å². The van der Waals surface area contributed by atoms with Gasteiger partial charge in [-0.25, -0.2) is 0 Å². The predicted octanol–water partition coefficient (Wildman–Crippen LogP) is 1.14. The van der Waals surface area contributed by atoms with Gasteiger partial charge in [0.2, 0.25) is 0 Å². The van der Waals surface area contributed by atoms with Gasteiger partial charge in [0.25, 0.3) is 0 Å². The van der Waals surface area contributed by atoms with E-state index in [0.29, 0.717) is 6.10 Å². The quantitative estimate of drug-likeness (QED) is 0.537. The van der Waals surface area contributed by atoms with Gasteiger partial charge in [0.15, 0.2) is 0 Å². The van der Waals surface area contributed by atoms with Crippen LogP contribution >= 0.6 is 11.8 Å². The molecule has 0 aliphatic carbocycles. The average Bonchev–Trinajstić information content (AvgIpc) is 1.55. The molecule has 2 heteroatoms. The second-order valence-corrected chi connectivity index (χ2v) is 2.65. The zero-order chi connectivity index (χ0) is 5.11. The third-order valence-electron chi connectivity index (χ3n) is 1.15. The molecule has 0 amide bonds. The van der Waals surface area contributed by atoms with Crippen LogP contribution in [0.5, 0.6) is 0 Å². The molecule has 1 fully saturated rings. The summed E-state index contributed by atoms with van der Waals surface area (Å²) in [4.78, 5) is 0. The molecule has 0 saturated carbocycles. The fraction of sp³-hybridized carbons (Fsp3) is 1.00. The third-order valence-corrected chi connectivity index (χ3v) is 1.85. The lowest BCUT2D eigenvalue weighted by molar-refractivity contribution is -0.0342. The minimum Gasteiger partial charge on any atom is -0.377 e. The summed E-state index contributed by atoms with van der Waals surface area (Å²) >= 11 is 1.86. The summed E-state index contributed by atoms with van der Waals surface area (Å²) in [5.74, 6) is 1.18. The number of hydrogen-bond donors (Lipinski definition) is 0. The van der Waals surface area contributed by atoms with Crippen molar-refractivity contribution in [2.24, 2.45) is 0 Å². The van der Waals surface area contributed by atoms with E-state index in [2.05, 4.69) is 6.26 Å². The van der Waals surface area contributed by atoms with E-state index in [-0.39, 0.29) is 0 Å². The van der Waals surface area contributed by atoms with Gasteiger partial charge in [-0.05, 0) is 12.7 Å². The van der Waals surface area contributed by atoms with Crippen molar-refractivity contribution in [2.45, 2.75) is 12.5 Å². The van der Waals surface area contributed by atoms with E-state index in [9.17, 15) is 0 Å². The first-order valence-corrected chi connectivity index (χ1v) is 3.93. The molecule has 1 atom stereocenters. The summed E-state index contributed by atoms with van der Waals surface area (Å²) < 4.78 is 5.15. The van der Waals surface area contributed by atoms with Crippen LogP contribution in [0.25, 0.3) is 0 Å². The van der Waals surface area contributed by atoms with E-state index in [1.165, 1.54) is 12.2 Å². The van der Waals surface area contributed by atoms with Crippen LogP contribution < -0.4 is 0 Å². The van der Waals surface area contributed by atoms with Gasteiger partial charge in [-0.15, -0.1) is 0 Å². The Labute approximate surface area is 48.4 Å². The molecule has 0 aromatic carbocycles. The molecule has 1 saturated heterocycles. The molecule has 0 spiro atoms. The summed E-state index contributed by atoms with van der Waals surface area (Å²) in [6.45, 7) is 0.991. The van der Waals surface area contributed by atoms with Gasteiger partial charge in [0.05, 0.1) is 6.10 Å². The van der Waals surface area contributed by atoms with Crippen molar-refractivity contribution in [2.75, 3.05) is 18.6 Å². The normalized spacial score (nSPS) is 29.6. The summed E-state index contributed by atoms with van der Waals surface area (Å²) in [5, 5.41) is 0. The first kappa shape index (κ1) is 5.45. The van der Waals surface area contributed by atoms with E-state index in [1.54, 1.807) is 0 Å². The first-order chi connectivity index (χ1) is 3.43. The number of ether oxygens (including phenoxy) is 1. The molecule has 1 nitrogen and oxygen atoms in total. The third kappa shape index (κ3) is 1.35. The summed E-state index contributed by atoms with van der Waals surface area (Å²) in [7, 11) is 0. The summed E-state index contributed by atoms with van der Waals surface area (Å²) in [6.07, 6.45) is 3.98. The molecule has 1 unspecified atom stereocenters. The molecule has 42 valence electrons. The van der Waals surface area contributed by atoms with Crippen molar-refractivity contribution in [3.63, 3.8) is 0 Å². The average molecular weight is 118 g/mol. The Morgan fingerprint density at radius 3 is 2.71 bits per heavy atom.